The molecule has 1 heterocycles. The van der Waals surface area contributed by atoms with Crippen molar-refractivity contribution < 1.29 is 0 Å². The van der Waals surface area contributed by atoms with Crippen LogP contribution in [-0.4, -0.2) is 22.6 Å². The van der Waals surface area contributed by atoms with E-state index < -0.39 is 0 Å². The maximum absolute atomic E-state index is 4.54. The summed E-state index contributed by atoms with van der Waals surface area (Å²) in [7, 11) is 2.10. The van der Waals surface area contributed by atoms with Crippen LogP contribution in [-0.2, 0) is 13.0 Å². The summed E-state index contributed by atoms with van der Waals surface area (Å²) in [5, 5.41) is 3.52. The first-order valence-electron chi connectivity index (χ1n) is 7.41. The lowest BCUT2D eigenvalue weighted by Gasteiger charge is -2.23. The average Bonchev–Trinajstić information content (AvgIpc) is 2.96. The zero-order valence-electron chi connectivity index (χ0n) is 12.0. The second kappa shape index (κ2) is 6.37. The van der Waals surface area contributed by atoms with Crippen molar-refractivity contribution in [1.29, 1.82) is 0 Å². The van der Waals surface area contributed by atoms with Crippen LogP contribution in [0.15, 0.2) is 12.4 Å². The van der Waals surface area contributed by atoms with E-state index in [0.717, 1.165) is 24.8 Å². The summed E-state index contributed by atoms with van der Waals surface area (Å²) < 4.78 is 2.31. The van der Waals surface area contributed by atoms with Gasteiger partial charge < -0.3 is 9.88 Å². The number of aryl methyl sites for hydroxylation is 1. The van der Waals surface area contributed by atoms with Gasteiger partial charge in [0.15, 0.2) is 0 Å². The minimum Gasteiger partial charge on any atom is -0.335 e. The lowest BCUT2D eigenvalue weighted by molar-refractivity contribution is 0.358. The van der Waals surface area contributed by atoms with Gasteiger partial charge in [0.2, 0.25) is 0 Å². The minimum absolute atomic E-state index is 0.591. The highest BCUT2D eigenvalue weighted by molar-refractivity contribution is 4.98. The van der Waals surface area contributed by atoms with Crippen molar-refractivity contribution in [2.75, 3.05) is 7.05 Å². The second-order valence-corrected chi connectivity index (χ2v) is 5.81. The Morgan fingerprint density at radius 2 is 2.33 bits per heavy atom. The number of hydrogen-bond donors (Lipinski definition) is 1. The molecule has 3 unspecified atom stereocenters. The van der Waals surface area contributed by atoms with Crippen LogP contribution in [0.2, 0.25) is 0 Å². The molecule has 3 nitrogen and oxygen atoms in total. The van der Waals surface area contributed by atoms with Gasteiger partial charge in [-0.2, -0.15) is 0 Å². The van der Waals surface area contributed by atoms with Crippen molar-refractivity contribution in [2.24, 2.45) is 11.8 Å². The number of imidazole rings is 1. The molecule has 1 aliphatic rings. The Bertz CT molecular complexity index is 358. The smallest absolute Gasteiger partial charge is 0.110 e. The zero-order chi connectivity index (χ0) is 13.0. The molecule has 1 aliphatic carbocycles. The first-order chi connectivity index (χ1) is 8.74. The Kier molecular flexibility index (Phi) is 4.81. The van der Waals surface area contributed by atoms with Gasteiger partial charge in [0.05, 0.1) is 0 Å². The first-order valence-corrected chi connectivity index (χ1v) is 7.41. The van der Waals surface area contributed by atoms with Gasteiger partial charge in [0, 0.05) is 31.4 Å². The fraction of sp³-hybridized carbons (Fsp3) is 0.800. The highest BCUT2D eigenvalue weighted by Gasteiger charge is 2.28. The van der Waals surface area contributed by atoms with E-state index in [-0.39, 0.29) is 0 Å². The molecule has 1 fully saturated rings. The molecule has 0 aliphatic heterocycles. The Labute approximate surface area is 111 Å². The third kappa shape index (κ3) is 3.14. The van der Waals surface area contributed by atoms with Crippen molar-refractivity contribution in [2.45, 2.75) is 58.5 Å². The highest BCUT2D eigenvalue weighted by Crippen LogP contribution is 2.33. The van der Waals surface area contributed by atoms with Gasteiger partial charge in [0.25, 0.3) is 0 Å². The molecule has 1 N–H and O–H groups in total. The monoisotopic (exact) mass is 249 g/mol. The number of likely N-dealkylation sites (N-methyl/N-ethyl adjacent to an activating group) is 1. The van der Waals surface area contributed by atoms with Crippen LogP contribution < -0.4 is 5.32 Å². The normalized spacial score (nSPS) is 25.5. The van der Waals surface area contributed by atoms with Crippen molar-refractivity contribution >= 4 is 0 Å². The Morgan fingerprint density at radius 3 is 2.94 bits per heavy atom. The molecule has 102 valence electrons. The topological polar surface area (TPSA) is 29.9 Å². The molecule has 0 aromatic carbocycles. The molecule has 3 atom stereocenters. The first kappa shape index (κ1) is 13.6. The van der Waals surface area contributed by atoms with Crippen molar-refractivity contribution in [1.82, 2.24) is 14.9 Å². The van der Waals surface area contributed by atoms with E-state index >= 15 is 0 Å². The van der Waals surface area contributed by atoms with Gasteiger partial charge in [-0.25, -0.2) is 4.98 Å². The van der Waals surface area contributed by atoms with Gasteiger partial charge in [0.1, 0.15) is 5.82 Å². The Hall–Kier alpha value is -0.830. The van der Waals surface area contributed by atoms with Gasteiger partial charge >= 0.3 is 0 Å². The molecule has 0 radical (unpaired) electrons. The average molecular weight is 249 g/mol. The van der Waals surface area contributed by atoms with E-state index in [1.165, 1.54) is 31.5 Å². The molecular formula is C15H27N3. The third-order valence-electron chi connectivity index (χ3n) is 4.34. The lowest BCUT2D eigenvalue weighted by Crippen LogP contribution is -2.35. The molecule has 0 saturated heterocycles. The zero-order valence-corrected chi connectivity index (χ0v) is 12.0. The molecule has 2 rings (SSSR count). The number of rotatable bonds is 6. The van der Waals surface area contributed by atoms with Crippen molar-refractivity contribution in [3.8, 4) is 0 Å². The fourth-order valence-electron chi connectivity index (χ4n) is 3.29. The quantitative estimate of drug-likeness (QED) is 0.840. The number of nitrogens with zero attached hydrogens (tertiary/aromatic N) is 2. The van der Waals surface area contributed by atoms with E-state index in [0.29, 0.717) is 6.04 Å². The summed E-state index contributed by atoms with van der Waals surface area (Å²) in [6.07, 6.45) is 10.4. The maximum Gasteiger partial charge on any atom is 0.110 e. The van der Waals surface area contributed by atoms with Crippen LogP contribution in [0.1, 0.15) is 45.4 Å². The van der Waals surface area contributed by atoms with Crippen LogP contribution in [0.25, 0.3) is 0 Å². The van der Waals surface area contributed by atoms with Gasteiger partial charge in [-0.05, 0) is 38.1 Å². The molecule has 1 aromatic heterocycles. The van der Waals surface area contributed by atoms with E-state index in [4.69, 9.17) is 0 Å². The molecule has 1 aromatic rings. The molecule has 0 amide bonds. The van der Waals surface area contributed by atoms with Gasteiger partial charge in [-0.1, -0.05) is 20.3 Å². The number of aromatic nitrogens is 2. The summed E-state index contributed by atoms with van der Waals surface area (Å²) in [6.45, 7) is 5.69. The SMILES string of the molecule is CCCn1ccnc1CC(NC)C1CCC(C)C1. The molecule has 18 heavy (non-hydrogen) atoms. The van der Waals surface area contributed by atoms with E-state index in [1.54, 1.807) is 0 Å². The van der Waals surface area contributed by atoms with E-state index in [1.807, 2.05) is 6.20 Å². The van der Waals surface area contributed by atoms with Gasteiger partial charge in [-0.15, -0.1) is 0 Å². The van der Waals surface area contributed by atoms with Crippen molar-refractivity contribution in [3.63, 3.8) is 0 Å². The molecule has 1 saturated carbocycles. The van der Waals surface area contributed by atoms with Crippen LogP contribution in [0.3, 0.4) is 0 Å². The number of nitrogens with one attached hydrogen (secondary N) is 1. The maximum atomic E-state index is 4.54. The Balaban J connectivity index is 1.99. The molecule has 0 spiro atoms. The lowest BCUT2D eigenvalue weighted by atomic mass is 9.94. The largest absolute Gasteiger partial charge is 0.335 e. The predicted octanol–water partition coefficient (Wildman–Crippen LogP) is 2.86. The minimum atomic E-state index is 0.591. The summed E-state index contributed by atoms with van der Waals surface area (Å²) >= 11 is 0. The molecular weight excluding hydrogens is 222 g/mol. The van der Waals surface area contributed by atoms with Crippen molar-refractivity contribution in [3.05, 3.63) is 18.2 Å². The van der Waals surface area contributed by atoms with Crippen LogP contribution in [0, 0.1) is 11.8 Å². The number of hydrogen-bond acceptors (Lipinski definition) is 2. The highest BCUT2D eigenvalue weighted by atomic mass is 15.1. The molecule has 3 heteroatoms. The summed E-state index contributed by atoms with van der Waals surface area (Å²) in [4.78, 5) is 4.54. The predicted molar refractivity (Wildman–Crippen MR) is 75.6 cm³/mol. The standard InChI is InChI=1S/C15H27N3/c1-4-8-18-9-7-17-15(18)11-14(16-3)13-6-5-12(2)10-13/h7,9,12-14,16H,4-6,8,10-11H2,1-3H3. The van der Waals surface area contributed by atoms with Gasteiger partial charge in [-0.3, -0.25) is 0 Å². The summed E-state index contributed by atoms with van der Waals surface area (Å²) in [5.41, 5.74) is 0. The van der Waals surface area contributed by atoms with Crippen LogP contribution >= 0.6 is 0 Å². The third-order valence-corrected chi connectivity index (χ3v) is 4.34. The molecule has 0 bridgehead atoms. The summed E-state index contributed by atoms with van der Waals surface area (Å²) in [6, 6.07) is 0.591. The van der Waals surface area contributed by atoms with Crippen LogP contribution in [0.5, 0.6) is 0 Å². The second-order valence-electron chi connectivity index (χ2n) is 5.81. The van der Waals surface area contributed by atoms with E-state index in [2.05, 4.69) is 42.0 Å². The van der Waals surface area contributed by atoms with E-state index in [9.17, 15) is 0 Å². The summed E-state index contributed by atoms with van der Waals surface area (Å²) in [5.74, 6) is 2.98. The fourth-order valence-corrected chi connectivity index (χ4v) is 3.29. The Morgan fingerprint density at radius 1 is 1.50 bits per heavy atom. The van der Waals surface area contributed by atoms with Crippen LogP contribution in [0.4, 0.5) is 0 Å².